The first-order valence-electron chi connectivity index (χ1n) is 20.0. The van der Waals surface area contributed by atoms with Gasteiger partial charge in [-0.05, 0) is 62.6 Å². The third kappa shape index (κ3) is 9.82. The molecule has 4 saturated heterocycles. The van der Waals surface area contributed by atoms with E-state index in [0.717, 1.165) is 44.2 Å². The number of ether oxygens (including phenoxy) is 1. The van der Waals surface area contributed by atoms with Crippen molar-refractivity contribution in [3.05, 3.63) is 35.4 Å². The van der Waals surface area contributed by atoms with Crippen molar-refractivity contribution >= 4 is 41.4 Å². The molecule has 306 valence electrons. The van der Waals surface area contributed by atoms with Crippen molar-refractivity contribution in [2.24, 2.45) is 5.92 Å². The number of cyclic esters (lactones) is 1. The van der Waals surface area contributed by atoms with Crippen molar-refractivity contribution in [3.8, 4) is 0 Å². The summed E-state index contributed by atoms with van der Waals surface area (Å²) in [6.07, 6.45) is 7.26. The van der Waals surface area contributed by atoms with Crippen molar-refractivity contribution in [2.45, 2.75) is 120 Å². The van der Waals surface area contributed by atoms with Gasteiger partial charge in [0.15, 0.2) is 0 Å². The molecular weight excluding hydrogens is 732 g/mol. The maximum atomic E-state index is 14.4. The van der Waals surface area contributed by atoms with Crippen molar-refractivity contribution < 1.29 is 47.1 Å². The van der Waals surface area contributed by atoms with E-state index in [4.69, 9.17) is 4.74 Å². The standard InChI is InChI=1S/C39H53F2N7O8/c1-23-36(52)47-15-6-10-31(47)39(55)56-22-29(37(53)46-14-5-9-30(46)38(54)48-16-13-42-21-32(48)35(51)43-23)45-34(50)28(19-25-17-26(40)20-27(41)18-25)44-33(49)12-11-24-7-3-2-4-8-24/h17-18,20,23-24,28-32,42H,2-16,19,21-22H2,1H3,(H,43,51)(H,44,49)(H,45,50)/t23-,28-,29-,30-,31-,32?/m0/s1. The lowest BCUT2D eigenvalue weighted by Crippen LogP contribution is -2.65. The van der Waals surface area contributed by atoms with Gasteiger partial charge in [0.1, 0.15) is 54.5 Å². The fourth-order valence-corrected chi connectivity index (χ4v) is 8.74. The number of nitrogens with one attached hydrogen (secondary N) is 4. The zero-order valence-electron chi connectivity index (χ0n) is 31.9. The Bertz CT molecular complexity index is 1650. The van der Waals surface area contributed by atoms with Gasteiger partial charge >= 0.3 is 5.97 Å². The largest absolute Gasteiger partial charge is 0.461 e. The number of halogens is 2. The van der Waals surface area contributed by atoms with Gasteiger partial charge in [-0.3, -0.25) is 28.8 Å². The van der Waals surface area contributed by atoms with Gasteiger partial charge in [0.05, 0.1) is 0 Å². The van der Waals surface area contributed by atoms with Gasteiger partial charge in [0.2, 0.25) is 35.4 Å². The molecule has 5 fully saturated rings. The molecule has 6 amide bonds. The minimum absolute atomic E-state index is 0.0889. The zero-order valence-corrected chi connectivity index (χ0v) is 31.9. The van der Waals surface area contributed by atoms with Gasteiger partial charge in [-0.15, -0.1) is 0 Å². The number of esters is 1. The van der Waals surface area contributed by atoms with Gasteiger partial charge in [-0.2, -0.15) is 0 Å². The number of amides is 6. The van der Waals surface area contributed by atoms with Crippen LogP contribution in [0.15, 0.2) is 18.2 Å². The van der Waals surface area contributed by atoms with Crippen LogP contribution in [0.2, 0.25) is 0 Å². The molecule has 15 nitrogen and oxygen atoms in total. The molecule has 1 unspecified atom stereocenters. The minimum Gasteiger partial charge on any atom is -0.461 e. The van der Waals surface area contributed by atoms with Gasteiger partial charge in [-0.1, -0.05) is 32.1 Å². The Morgan fingerprint density at radius 1 is 0.821 bits per heavy atom. The molecule has 1 aromatic rings. The molecule has 1 saturated carbocycles. The second-order valence-electron chi connectivity index (χ2n) is 15.7. The lowest BCUT2D eigenvalue weighted by Gasteiger charge is -2.39. The Kier molecular flexibility index (Phi) is 13.5. The number of nitrogens with zero attached hydrogens (tertiary/aromatic N) is 3. The van der Waals surface area contributed by atoms with Crippen LogP contribution < -0.4 is 21.3 Å². The average molecular weight is 786 g/mol. The first-order valence-corrected chi connectivity index (χ1v) is 20.0. The molecule has 6 rings (SSSR count). The number of rotatable bonds is 8. The summed E-state index contributed by atoms with van der Waals surface area (Å²) in [7, 11) is 0. The number of fused-ring (bicyclic) bond motifs is 3. The normalized spacial score (nSPS) is 27.5. The zero-order chi connectivity index (χ0) is 39.9. The third-order valence-electron chi connectivity index (χ3n) is 11.7. The Morgan fingerprint density at radius 3 is 2.20 bits per heavy atom. The highest BCUT2D eigenvalue weighted by molar-refractivity contribution is 5.98. The Labute approximate surface area is 324 Å². The third-order valence-corrected chi connectivity index (χ3v) is 11.7. The first-order chi connectivity index (χ1) is 26.9. The highest BCUT2D eigenvalue weighted by atomic mass is 19.1. The number of carbonyl (C=O) groups excluding carboxylic acids is 7. The molecule has 4 N–H and O–H groups in total. The fourth-order valence-electron chi connectivity index (χ4n) is 8.74. The van der Waals surface area contributed by atoms with Crippen LogP contribution in [0.3, 0.4) is 0 Å². The van der Waals surface area contributed by atoms with Gasteiger partial charge in [0, 0.05) is 51.6 Å². The van der Waals surface area contributed by atoms with Crippen molar-refractivity contribution in [1.29, 1.82) is 0 Å². The van der Waals surface area contributed by atoms with Crippen LogP contribution in [-0.2, 0) is 44.7 Å². The molecule has 0 spiro atoms. The highest BCUT2D eigenvalue weighted by Crippen LogP contribution is 2.28. The molecule has 5 aliphatic rings. The van der Waals surface area contributed by atoms with Crippen LogP contribution in [0, 0.1) is 17.6 Å². The van der Waals surface area contributed by atoms with Crippen LogP contribution in [-0.4, -0.2) is 132 Å². The maximum absolute atomic E-state index is 14.4. The molecule has 17 heteroatoms. The second kappa shape index (κ2) is 18.5. The Balaban J connectivity index is 1.27. The van der Waals surface area contributed by atoms with E-state index in [0.29, 0.717) is 37.8 Å². The van der Waals surface area contributed by atoms with Gasteiger partial charge < -0.3 is 40.7 Å². The predicted molar refractivity (Wildman–Crippen MR) is 196 cm³/mol. The molecule has 4 aliphatic heterocycles. The summed E-state index contributed by atoms with van der Waals surface area (Å²) in [6.45, 7) is 1.93. The first kappa shape index (κ1) is 41.0. The van der Waals surface area contributed by atoms with E-state index in [1.165, 1.54) is 21.6 Å². The SMILES string of the molecule is C[C@@H]1NC(=O)C2CNCCN2C(=O)[C@@H]2CCCN2C(=O)[C@@H](NC(=O)[C@H](Cc2cc(F)cc(F)c2)NC(=O)CCC2CCCCC2)COC(=O)[C@@H]2CCCN2C1=O. The minimum atomic E-state index is -1.54. The fraction of sp³-hybridized carbons (Fsp3) is 0.667. The molecule has 56 heavy (non-hydrogen) atoms. The quantitative estimate of drug-likeness (QED) is 0.275. The predicted octanol–water partition coefficient (Wildman–Crippen LogP) is 0.681. The molecular formula is C39H53F2N7O8. The highest BCUT2D eigenvalue weighted by Gasteiger charge is 2.45. The van der Waals surface area contributed by atoms with Crippen molar-refractivity contribution in [1.82, 2.24) is 36.0 Å². The molecule has 4 heterocycles. The van der Waals surface area contributed by atoms with E-state index in [1.54, 1.807) is 0 Å². The lowest BCUT2D eigenvalue weighted by atomic mass is 9.86. The summed E-state index contributed by atoms with van der Waals surface area (Å²) >= 11 is 0. The van der Waals surface area contributed by atoms with Crippen LogP contribution >= 0.6 is 0 Å². The Morgan fingerprint density at radius 2 is 1.48 bits per heavy atom. The van der Waals surface area contributed by atoms with Crippen LogP contribution in [0.4, 0.5) is 8.78 Å². The molecule has 0 radical (unpaired) electrons. The number of benzene rings is 1. The van der Waals surface area contributed by atoms with Gasteiger partial charge in [-0.25, -0.2) is 13.6 Å². The summed E-state index contributed by atoms with van der Waals surface area (Å²) in [6, 6.07) is -4.10. The molecule has 0 bridgehead atoms. The van der Waals surface area contributed by atoms with Crippen molar-refractivity contribution in [3.63, 3.8) is 0 Å². The monoisotopic (exact) mass is 785 g/mol. The number of carbonyl (C=O) groups is 7. The molecule has 0 aromatic heterocycles. The summed E-state index contributed by atoms with van der Waals surface area (Å²) in [4.78, 5) is 101. The Hall–Kier alpha value is -4.67. The van der Waals surface area contributed by atoms with Gasteiger partial charge in [0.25, 0.3) is 0 Å². The van der Waals surface area contributed by atoms with E-state index in [9.17, 15) is 42.3 Å². The van der Waals surface area contributed by atoms with E-state index in [-0.39, 0.29) is 57.4 Å². The summed E-state index contributed by atoms with van der Waals surface area (Å²) in [5.74, 6) is -5.74. The summed E-state index contributed by atoms with van der Waals surface area (Å²) < 4.78 is 34.2. The maximum Gasteiger partial charge on any atom is 0.328 e. The molecule has 6 atom stereocenters. The van der Waals surface area contributed by atoms with E-state index in [1.807, 2.05) is 0 Å². The summed E-state index contributed by atoms with van der Waals surface area (Å²) in [5.41, 5.74) is 0.0889. The van der Waals surface area contributed by atoms with Crippen LogP contribution in [0.5, 0.6) is 0 Å². The smallest absolute Gasteiger partial charge is 0.328 e. The van der Waals surface area contributed by atoms with Crippen molar-refractivity contribution in [2.75, 3.05) is 39.3 Å². The topological polar surface area (TPSA) is 187 Å². The number of hydrogen-bond donors (Lipinski definition) is 4. The van der Waals surface area contributed by atoms with E-state index in [2.05, 4.69) is 21.3 Å². The lowest BCUT2D eigenvalue weighted by molar-refractivity contribution is -0.158. The van der Waals surface area contributed by atoms with Crippen LogP contribution in [0.25, 0.3) is 0 Å². The van der Waals surface area contributed by atoms with E-state index < -0.39 is 95.9 Å². The number of hydrogen-bond acceptors (Lipinski definition) is 9. The van der Waals surface area contributed by atoms with E-state index >= 15 is 0 Å². The molecule has 1 aromatic carbocycles. The van der Waals surface area contributed by atoms with Crippen LogP contribution in [0.1, 0.15) is 83.1 Å². The molecule has 1 aliphatic carbocycles. The summed E-state index contributed by atoms with van der Waals surface area (Å²) in [5, 5.41) is 11.2. The number of piperazine rings is 1. The second-order valence-corrected chi connectivity index (χ2v) is 15.7. The average Bonchev–Trinajstić information content (AvgIpc) is 3.88.